The third-order valence-corrected chi connectivity index (χ3v) is 2.58. The van der Waals surface area contributed by atoms with Gasteiger partial charge in [-0.1, -0.05) is 13.3 Å². The van der Waals surface area contributed by atoms with Crippen LogP contribution in [-0.2, 0) is 10.0 Å². The van der Waals surface area contributed by atoms with Crippen molar-refractivity contribution in [2.45, 2.75) is 26.7 Å². The first-order chi connectivity index (χ1) is 7.49. The molecule has 0 aromatic carbocycles. The van der Waals surface area contributed by atoms with Crippen molar-refractivity contribution in [1.29, 1.82) is 0 Å². The monoisotopic (exact) mass is 250 g/mol. The van der Waals surface area contributed by atoms with E-state index in [1.54, 1.807) is 0 Å². The average molecular weight is 250 g/mol. The van der Waals surface area contributed by atoms with Crippen LogP contribution in [0.25, 0.3) is 0 Å². The molecule has 0 unspecified atom stereocenters. The number of aliphatic imine (C=N–C) groups is 1. The molecule has 0 aliphatic rings. The lowest BCUT2D eigenvalue weighted by molar-refractivity contribution is 0.596. The predicted octanol–water partition coefficient (Wildman–Crippen LogP) is -0.370. The Balaban J connectivity index is 3.98. The third-order valence-electron chi connectivity index (χ3n) is 1.80. The van der Waals surface area contributed by atoms with Crippen LogP contribution in [0.1, 0.15) is 26.7 Å². The maximum absolute atomic E-state index is 10.7. The summed E-state index contributed by atoms with van der Waals surface area (Å²) in [5, 5.41) is 10.8. The van der Waals surface area contributed by atoms with E-state index in [0.29, 0.717) is 5.96 Å². The molecule has 0 saturated carbocycles. The van der Waals surface area contributed by atoms with Crippen molar-refractivity contribution in [1.82, 2.24) is 10.6 Å². The topological polar surface area (TPSA) is 96.6 Å². The number of hydrogen-bond acceptors (Lipinski definition) is 3. The zero-order valence-electron chi connectivity index (χ0n) is 9.99. The van der Waals surface area contributed by atoms with Crippen LogP contribution in [0.3, 0.4) is 0 Å². The third kappa shape index (κ3) is 9.72. The van der Waals surface area contributed by atoms with Crippen molar-refractivity contribution in [3.63, 3.8) is 0 Å². The van der Waals surface area contributed by atoms with Gasteiger partial charge in [0.25, 0.3) is 0 Å². The van der Waals surface area contributed by atoms with Gasteiger partial charge in [0.05, 0.1) is 5.75 Å². The van der Waals surface area contributed by atoms with E-state index in [0.717, 1.165) is 25.9 Å². The summed E-state index contributed by atoms with van der Waals surface area (Å²) >= 11 is 0. The maximum atomic E-state index is 10.7. The van der Waals surface area contributed by atoms with Gasteiger partial charge in [0, 0.05) is 19.6 Å². The van der Waals surface area contributed by atoms with E-state index in [2.05, 4.69) is 22.5 Å². The molecule has 0 fully saturated rings. The summed E-state index contributed by atoms with van der Waals surface area (Å²) < 4.78 is 21.4. The first kappa shape index (κ1) is 15.2. The van der Waals surface area contributed by atoms with Gasteiger partial charge in [-0.3, -0.25) is 4.99 Å². The van der Waals surface area contributed by atoms with Crippen molar-refractivity contribution < 1.29 is 8.42 Å². The fourth-order valence-corrected chi connectivity index (χ4v) is 1.39. The van der Waals surface area contributed by atoms with E-state index in [-0.39, 0.29) is 12.3 Å². The minimum absolute atomic E-state index is 0.0921. The summed E-state index contributed by atoms with van der Waals surface area (Å²) in [5.74, 6) is 0.546. The zero-order valence-corrected chi connectivity index (χ0v) is 10.8. The van der Waals surface area contributed by atoms with Gasteiger partial charge < -0.3 is 10.6 Å². The molecule has 7 heteroatoms. The van der Waals surface area contributed by atoms with Crippen molar-refractivity contribution in [3.05, 3.63) is 0 Å². The number of nitrogens with one attached hydrogen (secondary N) is 2. The lowest BCUT2D eigenvalue weighted by Gasteiger charge is -2.10. The molecule has 0 aromatic heterocycles. The lowest BCUT2D eigenvalue weighted by Crippen LogP contribution is -2.40. The summed E-state index contributed by atoms with van der Waals surface area (Å²) in [6.07, 6.45) is 2.10. The van der Waals surface area contributed by atoms with Gasteiger partial charge in [-0.15, -0.1) is 0 Å². The average Bonchev–Trinajstić information content (AvgIpc) is 2.16. The minimum Gasteiger partial charge on any atom is -0.357 e. The minimum atomic E-state index is -3.41. The van der Waals surface area contributed by atoms with Crippen LogP contribution in [0.4, 0.5) is 0 Å². The second kappa shape index (κ2) is 8.35. The number of sulfonamides is 1. The largest absolute Gasteiger partial charge is 0.357 e. The highest BCUT2D eigenvalue weighted by Crippen LogP contribution is 1.86. The summed E-state index contributed by atoms with van der Waals surface area (Å²) in [6.45, 7) is 5.80. The van der Waals surface area contributed by atoms with E-state index >= 15 is 0 Å². The molecular formula is C9H22N4O2S. The molecule has 16 heavy (non-hydrogen) atoms. The van der Waals surface area contributed by atoms with Crippen LogP contribution in [0.15, 0.2) is 4.99 Å². The van der Waals surface area contributed by atoms with Crippen LogP contribution >= 0.6 is 0 Å². The molecule has 4 N–H and O–H groups in total. The molecule has 0 aliphatic carbocycles. The number of guanidine groups is 1. The van der Waals surface area contributed by atoms with Crippen LogP contribution in [0.5, 0.6) is 0 Å². The van der Waals surface area contributed by atoms with Crippen LogP contribution in [0, 0.1) is 0 Å². The Morgan fingerprint density at radius 1 is 1.31 bits per heavy atom. The number of primary sulfonamides is 1. The van der Waals surface area contributed by atoms with E-state index in [1.165, 1.54) is 0 Å². The molecule has 0 radical (unpaired) electrons. The number of nitrogens with two attached hydrogens (primary N) is 1. The van der Waals surface area contributed by atoms with Gasteiger partial charge in [0.1, 0.15) is 0 Å². The Hall–Kier alpha value is -0.820. The molecule has 0 spiro atoms. The Morgan fingerprint density at radius 3 is 2.50 bits per heavy atom. The second-order valence-electron chi connectivity index (χ2n) is 3.41. The lowest BCUT2D eigenvalue weighted by atomic mass is 10.3. The second-order valence-corrected chi connectivity index (χ2v) is 5.14. The van der Waals surface area contributed by atoms with Crippen molar-refractivity contribution in [3.8, 4) is 0 Å². The van der Waals surface area contributed by atoms with Crippen molar-refractivity contribution >= 4 is 16.0 Å². The van der Waals surface area contributed by atoms with Gasteiger partial charge in [-0.05, 0) is 13.3 Å². The summed E-state index contributed by atoms with van der Waals surface area (Å²) in [6, 6.07) is 0. The summed E-state index contributed by atoms with van der Waals surface area (Å²) in [4.78, 5) is 4.28. The molecule has 0 atom stereocenters. The highest BCUT2D eigenvalue weighted by molar-refractivity contribution is 7.89. The van der Waals surface area contributed by atoms with Crippen molar-refractivity contribution in [2.24, 2.45) is 10.1 Å². The van der Waals surface area contributed by atoms with Crippen LogP contribution in [0.2, 0.25) is 0 Å². The molecule has 96 valence electrons. The van der Waals surface area contributed by atoms with Gasteiger partial charge >= 0.3 is 0 Å². The van der Waals surface area contributed by atoms with E-state index < -0.39 is 10.0 Å². The quantitative estimate of drug-likeness (QED) is 0.326. The van der Waals surface area contributed by atoms with E-state index in [9.17, 15) is 8.42 Å². The Morgan fingerprint density at radius 2 is 2.00 bits per heavy atom. The summed E-state index contributed by atoms with van der Waals surface area (Å²) in [5.41, 5.74) is 0. The zero-order chi connectivity index (χ0) is 12.4. The fourth-order valence-electron chi connectivity index (χ4n) is 1.00. The predicted molar refractivity (Wildman–Crippen MR) is 66.9 cm³/mol. The molecule has 0 aliphatic heterocycles. The molecule has 0 bridgehead atoms. The smallest absolute Gasteiger partial charge is 0.210 e. The Bertz CT molecular complexity index is 301. The number of hydrogen-bond donors (Lipinski definition) is 3. The first-order valence-corrected chi connectivity index (χ1v) is 7.23. The molecular weight excluding hydrogens is 228 g/mol. The van der Waals surface area contributed by atoms with E-state index in [4.69, 9.17) is 5.14 Å². The fraction of sp³-hybridized carbons (Fsp3) is 0.889. The molecule has 0 aromatic rings. The number of unbranched alkanes of at least 4 members (excludes halogenated alkanes) is 1. The highest BCUT2D eigenvalue weighted by Gasteiger charge is 2.02. The van der Waals surface area contributed by atoms with E-state index in [1.807, 2.05) is 6.92 Å². The number of nitrogens with zero attached hydrogens (tertiary/aromatic N) is 1. The van der Waals surface area contributed by atoms with Gasteiger partial charge in [-0.2, -0.15) is 0 Å². The first-order valence-electron chi connectivity index (χ1n) is 5.52. The SMILES string of the molecule is CCCCN=C(NCC)NCCS(N)(=O)=O. The highest BCUT2D eigenvalue weighted by atomic mass is 32.2. The summed E-state index contributed by atoms with van der Waals surface area (Å²) in [7, 11) is -3.41. The molecule has 0 heterocycles. The van der Waals surface area contributed by atoms with Crippen LogP contribution < -0.4 is 15.8 Å². The number of rotatable bonds is 7. The molecule has 0 saturated heterocycles. The van der Waals surface area contributed by atoms with Crippen molar-refractivity contribution in [2.75, 3.05) is 25.4 Å². The molecule has 0 rings (SSSR count). The van der Waals surface area contributed by atoms with Crippen LogP contribution in [-0.4, -0.2) is 39.8 Å². The van der Waals surface area contributed by atoms with Gasteiger partial charge in [0.2, 0.25) is 10.0 Å². The Labute approximate surface area is 97.8 Å². The van der Waals surface area contributed by atoms with Gasteiger partial charge in [-0.25, -0.2) is 13.6 Å². The standard InChI is InChI=1S/C9H22N4O2S/c1-3-5-6-12-9(11-4-2)13-7-8-16(10,14)15/h3-8H2,1-2H3,(H2,10,14,15)(H2,11,12,13). The normalized spacial score (nSPS) is 12.6. The Kier molecular flexibility index (Phi) is 7.92. The molecule has 0 amide bonds. The molecule has 6 nitrogen and oxygen atoms in total. The maximum Gasteiger partial charge on any atom is 0.210 e. The van der Waals surface area contributed by atoms with Gasteiger partial charge in [0.15, 0.2) is 5.96 Å².